The number of unbranched alkanes of at least 4 members (excludes halogenated alkanes) is 2. The van der Waals surface area contributed by atoms with Crippen molar-refractivity contribution in [1.29, 1.82) is 0 Å². The number of carbonyl (C=O) groups excluding carboxylic acids is 1. The largest absolute Gasteiger partial charge is 0.459 e. The van der Waals surface area contributed by atoms with Crippen LogP contribution in [-0.4, -0.2) is 75.5 Å². The number of fused-ring (bicyclic) bond motifs is 2. The van der Waals surface area contributed by atoms with Crippen LogP contribution in [0.1, 0.15) is 62.0 Å². The van der Waals surface area contributed by atoms with Crippen molar-refractivity contribution in [2.24, 2.45) is 22.9 Å². The molecule has 3 aliphatic rings. The van der Waals surface area contributed by atoms with Crippen LogP contribution >= 0.6 is 0 Å². The predicted octanol–water partition coefficient (Wildman–Crippen LogP) is 10.9. The highest BCUT2D eigenvalue weighted by atomic mass is 16.7. The van der Waals surface area contributed by atoms with Gasteiger partial charge in [-0.3, -0.25) is 20.2 Å². The van der Waals surface area contributed by atoms with E-state index in [1.165, 1.54) is 41.3 Å². The fraction of sp³-hybridized carbons (Fsp3) is 0.333. The Bertz CT molecular complexity index is 2690. The van der Waals surface area contributed by atoms with E-state index in [2.05, 4.69) is 24.8 Å². The van der Waals surface area contributed by atoms with Crippen molar-refractivity contribution < 1.29 is 48.6 Å². The Labute approximate surface area is 405 Å². The van der Waals surface area contributed by atoms with Gasteiger partial charge in [-0.05, 0) is 114 Å². The van der Waals surface area contributed by atoms with Crippen molar-refractivity contribution >= 4 is 23.2 Å². The number of allylic oxidation sites excluding steroid dienone is 1. The summed E-state index contributed by atoms with van der Waals surface area (Å²) >= 11 is 0. The summed E-state index contributed by atoms with van der Waals surface area (Å²) in [5, 5.41) is 47.6. The lowest BCUT2D eigenvalue weighted by molar-refractivity contribution is -0.385. The first-order chi connectivity index (χ1) is 34.0. The minimum atomic E-state index is -1.58. The number of non-ortho nitro benzene ring substituents is 2. The van der Waals surface area contributed by atoms with E-state index < -0.39 is 33.7 Å². The van der Waals surface area contributed by atoms with Crippen molar-refractivity contribution in [3.63, 3.8) is 0 Å². The first-order valence-corrected chi connectivity index (χ1v) is 23.5. The molecule has 2 N–H and O–H groups in total. The lowest BCUT2D eigenvalue weighted by Crippen LogP contribution is -2.69. The van der Waals surface area contributed by atoms with Gasteiger partial charge >= 0.3 is 6.09 Å². The molecule has 1 amide bonds. The summed E-state index contributed by atoms with van der Waals surface area (Å²) in [6, 6.07) is 34.0. The number of hydrogen-bond donors (Lipinski definition) is 2. The van der Waals surface area contributed by atoms with Crippen LogP contribution in [0.25, 0.3) is 11.1 Å². The summed E-state index contributed by atoms with van der Waals surface area (Å²) in [4.78, 5) is 43.7. The zero-order chi connectivity index (χ0) is 49.2. The van der Waals surface area contributed by atoms with E-state index in [4.69, 9.17) is 28.9 Å². The molecule has 2 aliphatic carbocycles. The molecule has 5 aromatic rings. The highest BCUT2D eigenvalue weighted by Gasteiger charge is 2.65. The Kier molecular flexibility index (Phi) is 15.7. The third-order valence-corrected chi connectivity index (χ3v) is 13.4. The van der Waals surface area contributed by atoms with Crippen molar-refractivity contribution in [2.45, 2.75) is 69.3 Å². The van der Waals surface area contributed by atoms with Crippen LogP contribution in [0.15, 0.2) is 151 Å². The molecule has 364 valence electrons. The number of benzene rings is 5. The average Bonchev–Trinajstić information content (AvgIpc) is 3.37. The van der Waals surface area contributed by atoms with Crippen LogP contribution in [0.4, 0.5) is 16.2 Å². The molecule has 0 aromatic heterocycles. The van der Waals surface area contributed by atoms with Gasteiger partial charge in [0.15, 0.2) is 0 Å². The topological polar surface area (TPSA) is 206 Å². The number of aliphatic hydroxyl groups excluding tert-OH is 2. The molecule has 0 spiro atoms. The molecule has 5 aromatic carbocycles. The molecule has 70 heavy (non-hydrogen) atoms. The number of carbonyl (C=O) groups is 1. The molecule has 6 atom stereocenters. The van der Waals surface area contributed by atoms with E-state index >= 15 is 0 Å². The van der Waals surface area contributed by atoms with Crippen molar-refractivity contribution in [1.82, 2.24) is 4.90 Å². The third-order valence-electron chi connectivity index (χ3n) is 13.4. The molecule has 16 heteroatoms. The fourth-order valence-electron chi connectivity index (χ4n) is 10.1. The molecule has 1 saturated carbocycles. The maximum absolute atomic E-state index is 14.4. The molecule has 16 nitrogen and oxygen atoms in total. The highest BCUT2D eigenvalue weighted by molar-refractivity contribution is 6.03. The van der Waals surface area contributed by atoms with Crippen LogP contribution in [0.2, 0.25) is 0 Å². The third kappa shape index (κ3) is 10.7. The van der Waals surface area contributed by atoms with Gasteiger partial charge in [0, 0.05) is 62.4 Å². The van der Waals surface area contributed by atoms with E-state index in [9.17, 15) is 35.2 Å². The van der Waals surface area contributed by atoms with E-state index in [1.54, 1.807) is 25.3 Å². The van der Waals surface area contributed by atoms with Crippen LogP contribution in [0, 0.1) is 38.0 Å². The van der Waals surface area contributed by atoms with Crippen molar-refractivity contribution in [3.8, 4) is 34.1 Å². The van der Waals surface area contributed by atoms with Crippen LogP contribution in [-0.2, 0) is 16.2 Å². The Morgan fingerprint density at radius 1 is 0.829 bits per heavy atom. The van der Waals surface area contributed by atoms with Gasteiger partial charge in [0.2, 0.25) is 5.79 Å². The van der Waals surface area contributed by atoms with Crippen molar-refractivity contribution in [3.05, 3.63) is 177 Å². The number of nitro benzene ring substituents is 2. The molecular weight excluding hydrogens is 897 g/mol. The van der Waals surface area contributed by atoms with E-state index in [0.29, 0.717) is 47.8 Å². The molecule has 1 aliphatic heterocycles. The first kappa shape index (κ1) is 49.0. The smallest absolute Gasteiger partial charge is 0.415 e. The number of likely N-dealkylation sites (N-methyl/N-ethyl adjacent to an activating group) is 1. The summed E-state index contributed by atoms with van der Waals surface area (Å²) in [7, 11) is 1.58. The number of ether oxygens (including phenoxy) is 4. The first-order valence-electron chi connectivity index (χ1n) is 23.5. The molecular formula is C54H56N4O12. The van der Waals surface area contributed by atoms with Gasteiger partial charge in [-0.2, -0.15) is 0 Å². The summed E-state index contributed by atoms with van der Waals surface area (Å²) in [5.74, 6) is -0.851. The second-order valence-electron chi connectivity index (χ2n) is 17.7. The number of hydrogen-bond acceptors (Lipinski definition) is 13. The van der Waals surface area contributed by atoms with Gasteiger partial charge in [0.05, 0.1) is 28.1 Å². The maximum Gasteiger partial charge on any atom is 0.415 e. The number of nitrogens with zero attached hydrogens (tertiary/aromatic N) is 4. The van der Waals surface area contributed by atoms with Crippen LogP contribution in [0.5, 0.6) is 23.0 Å². The Hall–Kier alpha value is -7.40. The number of oxime groups is 1. The number of rotatable bonds is 21. The van der Waals surface area contributed by atoms with Gasteiger partial charge in [-0.25, -0.2) is 4.79 Å². The quantitative estimate of drug-likeness (QED) is 0.0305. The molecule has 1 heterocycles. The Balaban J connectivity index is 1.25. The SMILES string of the molecule is C=CCOC12Oc3ccc(Oc4ccc(-c5ccccc5)cc4)cc3C3C(CCCCO)C(CCCCO)C=C(C(=NOCc4ccc([N+](=O)[O-])cc4)CC1N(C)C(=O)Oc1ccc([N+](=O)[O-])cc1)C32. The van der Waals surface area contributed by atoms with Gasteiger partial charge in [0.25, 0.3) is 11.4 Å². The Morgan fingerprint density at radius 2 is 1.46 bits per heavy atom. The highest BCUT2D eigenvalue weighted by Crippen LogP contribution is 2.62. The minimum Gasteiger partial charge on any atom is -0.459 e. The number of aliphatic hydroxyl groups is 2. The fourth-order valence-corrected chi connectivity index (χ4v) is 10.1. The number of amides is 1. The minimum absolute atomic E-state index is 0.0141. The molecule has 1 fully saturated rings. The van der Waals surface area contributed by atoms with Gasteiger partial charge < -0.3 is 38.9 Å². The molecule has 8 rings (SSSR count). The van der Waals surface area contributed by atoms with Gasteiger partial charge in [-0.1, -0.05) is 72.6 Å². The average molecular weight is 953 g/mol. The summed E-state index contributed by atoms with van der Waals surface area (Å²) in [5.41, 5.74) is 4.73. The Morgan fingerprint density at radius 3 is 2.11 bits per heavy atom. The van der Waals surface area contributed by atoms with Crippen molar-refractivity contribution in [2.75, 3.05) is 26.9 Å². The maximum atomic E-state index is 14.4. The molecule has 0 saturated heterocycles. The lowest BCUT2D eigenvalue weighted by atomic mass is 9.55. The van der Waals surface area contributed by atoms with Crippen LogP contribution in [0.3, 0.4) is 0 Å². The van der Waals surface area contributed by atoms with Gasteiger partial charge in [-0.15, -0.1) is 6.58 Å². The molecule has 6 unspecified atom stereocenters. The van der Waals surface area contributed by atoms with E-state index in [-0.39, 0.29) is 67.7 Å². The second kappa shape index (κ2) is 22.4. The summed E-state index contributed by atoms with van der Waals surface area (Å²) in [6.45, 7) is 4.06. The zero-order valence-corrected chi connectivity index (χ0v) is 38.8. The standard InChI is InChI=1S/C54H56N4O12/c1-3-31-66-54-50(56(2)53(61)69-43-25-21-41(22-26-43)58(64)65)34-48(55-67-35-36-15-19-40(20-16-36)57(62)63)46-32-39(13-7-9-29-59)45(14-8-10-30-60)51(52(46)54)47-33-44(27-28-49(47)70-54)68-42-23-17-38(18-24-42)37-11-5-4-6-12-37/h3-6,11-12,15-28,32-33,39,45,50-52,59-60H,1,7-10,13-14,29-31,34-35H2,2H3. The summed E-state index contributed by atoms with van der Waals surface area (Å²) in [6.07, 6.45) is 7.21. The zero-order valence-electron chi connectivity index (χ0n) is 38.8. The molecule has 0 bridgehead atoms. The van der Waals surface area contributed by atoms with E-state index in [1.807, 2.05) is 60.7 Å². The van der Waals surface area contributed by atoms with Gasteiger partial charge in [0.1, 0.15) is 35.6 Å². The van der Waals surface area contributed by atoms with Crippen LogP contribution < -0.4 is 14.2 Å². The number of nitro groups is 2. The monoisotopic (exact) mass is 952 g/mol. The van der Waals surface area contributed by atoms with E-state index in [0.717, 1.165) is 41.5 Å². The summed E-state index contributed by atoms with van der Waals surface area (Å²) < 4.78 is 26.7. The second-order valence-corrected chi connectivity index (χ2v) is 17.7. The normalized spacial score (nSPS) is 21.6. The predicted molar refractivity (Wildman–Crippen MR) is 262 cm³/mol. The lowest BCUT2D eigenvalue weighted by Gasteiger charge is -2.59. The molecule has 0 radical (unpaired) electrons.